The number of nitrogens with zero attached hydrogens (tertiary/aromatic N) is 10. The summed E-state index contributed by atoms with van der Waals surface area (Å²) in [5, 5.41) is 152. The maximum atomic E-state index is 14.5. The number of aliphatic imine (C=N–C) groups is 1. The number of nitrogens with two attached hydrogens (primary N) is 3. The quantitative estimate of drug-likeness (QED) is 0.0481. The first kappa shape index (κ1) is 123. The molecular formula is C81H107F12N19O27S9. The summed E-state index contributed by atoms with van der Waals surface area (Å²) in [5.74, 6) is -3.46. The van der Waals surface area contributed by atoms with Crippen molar-refractivity contribution in [3.8, 4) is 0 Å². The van der Waals surface area contributed by atoms with Gasteiger partial charge in [0, 0.05) is 49.5 Å². The molecule has 28 N–H and O–H groups in total. The predicted octanol–water partition coefficient (Wildman–Crippen LogP) is 1.44. The van der Waals surface area contributed by atoms with Crippen LogP contribution in [0.2, 0.25) is 0 Å². The van der Waals surface area contributed by atoms with E-state index in [2.05, 4.69) is 66.2 Å². The first-order chi connectivity index (χ1) is 68.6. The molecule has 46 nitrogen and oxygen atoms in total. The average molecular weight is 2300 g/mol. The molecule has 0 radical (unpaired) electrons. The van der Waals surface area contributed by atoms with Gasteiger partial charge in [-0.25, -0.2) is 72.3 Å². The van der Waals surface area contributed by atoms with Gasteiger partial charge in [0.15, 0.2) is 144 Å². The van der Waals surface area contributed by atoms with Crippen LogP contribution in [0.3, 0.4) is 0 Å². The molecule has 10 aliphatic heterocycles. The molecule has 10 aliphatic rings. The maximum Gasteiger partial charge on any atom is 0.328 e. The van der Waals surface area contributed by atoms with Gasteiger partial charge in [0.25, 0.3) is 5.56 Å². The molecule has 6 aromatic rings. The molecule has 16 rings (SSSR count). The first-order valence-electron chi connectivity index (χ1n) is 43.4. The number of amidine groups is 1. The number of aliphatic hydroxyl groups excluding tert-OH is 16. The number of alkyl halides is 8. The molecule has 9 unspecified atom stereocenters. The Bertz CT molecular complexity index is 6170. The highest BCUT2D eigenvalue weighted by Crippen LogP contribution is 2.49. The highest BCUT2D eigenvalue weighted by atomic mass is 32.1. The molecule has 8 saturated heterocycles. The second kappa shape index (κ2) is 49.0. The number of nitrogen functional groups attached to an aromatic ring is 1. The first-order valence-corrected chi connectivity index (χ1v) is 47.1. The molecule has 0 saturated carbocycles. The van der Waals surface area contributed by atoms with Crippen molar-refractivity contribution >= 4 is 127 Å². The van der Waals surface area contributed by atoms with Gasteiger partial charge in [-0.15, -0.1) is 0 Å². The number of thiocarbonyl (C=S) groups is 1. The molecule has 0 aliphatic carbocycles. The summed E-state index contributed by atoms with van der Waals surface area (Å²) in [4.78, 5) is 55.6. The molecule has 826 valence electrons. The third-order valence-corrected chi connectivity index (χ3v) is 27.2. The molecule has 8 fully saturated rings. The Morgan fingerprint density at radius 2 is 0.669 bits per heavy atom. The standard InChI is InChI=1S/C11H15F2N3O3.C10H15F2N3O3S.C10H12F2N2O4S.C10H12F2N2O3S2.C10H14FN3O3S.2C10H13FN2O4S.C10H13FN2O3S2/c1-5-15-9(14)6(12)3-16(5)10-11(2,13)8(18)7(4-17)19-10;1-10(12)6(17)5(3-16)18-8(10)15-2-4(11)7(13)14-9(15)19;1-10(12)6(16)5(3-15)18-8(10)14-2-4(11)7(19)13-9(14)17;1-10(12)6(16)5(3-15)17-8(10)14-2-4(11)7(18)13-9(14)19;1-10(11)7(16)5(4-15)17-8(10)14-3-2-6(12)13-9(14)18;1-10(11)7(15)5(4-14)17-8(10)13-3-2-6(18)12-9(13)16;1-10(11)7(16)5(4-14)17-8(10)13-3-2-6(15)12-9(13)18;1-10(11)7(15)5(4-14)16-8(10)13-3-2-6(17)12-9(13)18/h3,7-8,10,17-18H,1,4H2,2H3,(H2,14,15);2,5-8,16-17H,3,13H2,1H3,(H,14,19);2,5-6,8,15-16H,3H2,1H3,(H,13,17,19);2,5-6,8,15-16H,3H2,1H3,(H,13,18,19);2-3,5,7-8,15-16H,4H2,1H3,(H2,12,13,18);2-3,5,7-8,14-15H,4H2,1H3,(H,12,16,18);2-3,5,7-8,14,16H,4H2,1H3,(H,12,15,18);2-3,5,7-8,14-15H,4H2,1H3,(H,12,17,18)/t7-,8+,10-,11?;5-,6+,7?,8-,10?;2*5-,6+,8-,10?;4*5-,7+,8-,10?/m11111111/s1. The molecule has 6 aromatic heterocycles. The van der Waals surface area contributed by atoms with Crippen LogP contribution in [-0.4, -0.2) is 374 Å². The normalized spacial score (nSPS) is 37.0. The fourth-order valence-corrected chi connectivity index (χ4v) is 18.1. The second-order valence-electron chi connectivity index (χ2n) is 35.5. The van der Waals surface area contributed by atoms with Crippen molar-refractivity contribution in [1.82, 2.24) is 72.4 Å². The number of ether oxygens (including phenoxy) is 8. The van der Waals surface area contributed by atoms with E-state index in [1.54, 1.807) is 6.07 Å². The molecule has 16 heterocycles. The van der Waals surface area contributed by atoms with Crippen LogP contribution >= 0.6 is 110 Å². The number of rotatable bonds is 16. The molecule has 67 heteroatoms. The van der Waals surface area contributed by atoms with E-state index < -0.39 is 297 Å². The van der Waals surface area contributed by atoms with Gasteiger partial charge >= 0.3 is 11.4 Å². The molecule has 148 heavy (non-hydrogen) atoms. The number of hydrogen-bond donors (Lipinski definition) is 25. The third kappa shape index (κ3) is 25.9. The van der Waals surface area contributed by atoms with Crippen LogP contribution in [0.4, 0.5) is 58.5 Å². The monoisotopic (exact) mass is 2290 g/mol. The number of H-pyrrole nitrogens is 5. The SMILES string of the molecule is C=C1N=C(N)C(F)=CN1[C@@H]1O[C@H](CO)[C@H](O)C1(C)F.CC1(F)[C@@H](O)[C@@H](CO)O[C@H]1N1C=C(F)C(N)NC1=S.CC1(F)[C@@H](O)[C@@H](CO)O[C@H]1n1cc(F)c(=S)[nH]c1=O.CC1(F)[C@@H](O)[C@@H](CO)O[C@H]1n1cc(F)c(=S)[nH]c1=S.CC1(F)[C@@H](O)[C@@H](CO)O[C@H]1n1ccc(=O)[nH]c1=S.CC1(F)[C@@H](O)[C@@H](CO)O[C@H]1n1ccc(=S)[nH]c1=O.CC1(F)[C@@H](O)[C@@H](CO)O[C@H]1n1ccc(=S)[nH]c1=S.CC1(F)[C@@H](O)[C@@H](CO)O[C@H]1n1ccc(N)nc1=S. The molecule has 0 aromatic carbocycles. The van der Waals surface area contributed by atoms with E-state index in [0.29, 0.717) is 15.4 Å². The highest BCUT2D eigenvalue weighted by Gasteiger charge is 2.63. The number of aromatic amines is 5. The zero-order valence-corrected chi connectivity index (χ0v) is 85.6. The van der Waals surface area contributed by atoms with Crippen LogP contribution in [0.15, 0.2) is 117 Å². The van der Waals surface area contributed by atoms with Gasteiger partial charge in [0.05, 0.1) is 59.1 Å². The second-order valence-corrected chi connectivity index (χ2v) is 39.1. The predicted molar refractivity (Wildman–Crippen MR) is 514 cm³/mol. The Kier molecular flexibility index (Phi) is 40.8. The van der Waals surface area contributed by atoms with Gasteiger partial charge in [-0.05, 0) is 135 Å². The topological polar surface area (TPSA) is 679 Å². The van der Waals surface area contributed by atoms with Gasteiger partial charge in [0.2, 0.25) is 4.77 Å². The Labute approximate surface area is 874 Å². The van der Waals surface area contributed by atoms with E-state index in [1.807, 2.05) is 4.98 Å². The lowest BCUT2D eigenvalue weighted by Crippen LogP contribution is -2.58. The van der Waals surface area contributed by atoms with Crippen molar-refractivity contribution in [2.45, 2.75) is 254 Å². The van der Waals surface area contributed by atoms with Gasteiger partial charge in [0.1, 0.15) is 134 Å². The van der Waals surface area contributed by atoms with Crippen molar-refractivity contribution in [3.05, 3.63) is 179 Å². The number of aromatic nitrogens is 12. The summed E-state index contributed by atoms with van der Waals surface area (Å²) < 4.78 is 218. The summed E-state index contributed by atoms with van der Waals surface area (Å²) in [5.41, 5.74) is -3.28. The molecule has 33 atom stereocenters. The Morgan fingerprint density at radius 1 is 0.378 bits per heavy atom. The third-order valence-electron chi connectivity index (χ3n) is 24.6. The van der Waals surface area contributed by atoms with Gasteiger partial charge in [-0.2, -0.15) is 0 Å². The van der Waals surface area contributed by atoms with Crippen LogP contribution < -0.4 is 39.5 Å². The lowest BCUT2D eigenvalue weighted by molar-refractivity contribution is -0.0771. The highest BCUT2D eigenvalue weighted by molar-refractivity contribution is 7.80. The minimum atomic E-state index is -2.36. The smallest absolute Gasteiger partial charge is 0.328 e. The zero-order chi connectivity index (χ0) is 111. The minimum Gasteiger partial charge on any atom is -0.394 e. The van der Waals surface area contributed by atoms with E-state index in [-0.39, 0.29) is 51.0 Å². The van der Waals surface area contributed by atoms with E-state index in [1.165, 1.54) is 70.5 Å². The molecule has 0 amide bonds. The van der Waals surface area contributed by atoms with E-state index in [4.69, 9.17) is 181 Å². The fraction of sp³-hybridized carbons (Fsp3) is 0.605. The summed E-state index contributed by atoms with van der Waals surface area (Å²) >= 11 is 43.7. The number of hydrogen-bond acceptors (Lipinski definition) is 42. The molecule has 0 spiro atoms. The van der Waals surface area contributed by atoms with Crippen molar-refractivity contribution in [2.75, 3.05) is 58.6 Å². The number of halogens is 12. The zero-order valence-electron chi connectivity index (χ0n) is 78.3. The van der Waals surface area contributed by atoms with Crippen LogP contribution in [0, 0.1) is 49.3 Å². The Morgan fingerprint density at radius 3 is 1.03 bits per heavy atom. The fourth-order valence-electron chi connectivity index (χ4n) is 16.1. The number of nitrogens with one attached hydrogen (secondary N) is 6. The summed E-state index contributed by atoms with van der Waals surface area (Å²) in [6.07, 6.45) is -23.2. The maximum absolute atomic E-state index is 14.5. The number of anilines is 1. The Hall–Kier alpha value is -8.22. The summed E-state index contributed by atoms with van der Waals surface area (Å²) in [6.45, 7) is 8.20. The van der Waals surface area contributed by atoms with E-state index in [9.17, 15) is 108 Å². The van der Waals surface area contributed by atoms with E-state index in [0.717, 1.165) is 79.1 Å². The van der Waals surface area contributed by atoms with Gasteiger partial charge in [-0.3, -0.25) is 52.0 Å². The van der Waals surface area contributed by atoms with Crippen LogP contribution in [0.1, 0.15) is 92.8 Å². The molecular weight excluding hydrogens is 2190 g/mol. The van der Waals surface area contributed by atoms with E-state index >= 15 is 0 Å². The molecule has 0 bridgehead atoms. The lowest BCUT2D eigenvalue weighted by atomic mass is 9.98. The average Bonchev–Trinajstić information content (AvgIpc) is 1.62. The van der Waals surface area contributed by atoms with Gasteiger partial charge in [-0.1, -0.05) is 55.5 Å². The van der Waals surface area contributed by atoms with Crippen molar-refractivity contribution in [1.29, 1.82) is 0 Å². The minimum absolute atomic E-state index is 0.0119. The van der Waals surface area contributed by atoms with Crippen molar-refractivity contribution < 1.29 is 172 Å². The van der Waals surface area contributed by atoms with Crippen molar-refractivity contribution in [3.63, 3.8) is 0 Å². The van der Waals surface area contributed by atoms with Crippen LogP contribution in [0.5, 0.6) is 0 Å². The van der Waals surface area contributed by atoms with Crippen LogP contribution in [-0.2, 0) is 37.9 Å². The largest absolute Gasteiger partial charge is 0.394 e. The lowest BCUT2D eigenvalue weighted by Gasteiger charge is -2.37. The number of aliphatic hydroxyl groups is 16. The Balaban J connectivity index is 0.000000188. The summed E-state index contributed by atoms with van der Waals surface area (Å²) in [6, 6.07) is 5.58. The van der Waals surface area contributed by atoms with Crippen LogP contribution in [0.25, 0.3) is 0 Å². The van der Waals surface area contributed by atoms with Crippen molar-refractivity contribution in [2.24, 2.45) is 16.5 Å². The van der Waals surface area contributed by atoms with Gasteiger partial charge < -0.3 is 157 Å². The summed E-state index contributed by atoms with van der Waals surface area (Å²) in [7, 11) is 0.